The van der Waals surface area contributed by atoms with Crippen LogP contribution in [0.4, 0.5) is 0 Å². The van der Waals surface area contributed by atoms with Crippen LogP contribution in [0.5, 0.6) is 17.2 Å². The molecule has 2 rings (SSSR count). The molecule has 0 aliphatic carbocycles. The summed E-state index contributed by atoms with van der Waals surface area (Å²) in [5, 5.41) is 27.5. The van der Waals surface area contributed by atoms with Gasteiger partial charge in [0.15, 0.2) is 11.5 Å². The lowest BCUT2D eigenvalue weighted by Crippen LogP contribution is -2.22. The summed E-state index contributed by atoms with van der Waals surface area (Å²) in [7, 11) is 0. The van der Waals surface area contributed by atoms with E-state index in [9.17, 15) is 19.8 Å². The van der Waals surface area contributed by atoms with Crippen molar-refractivity contribution in [2.75, 3.05) is 0 Å². The van der Waals surface area contributed by atoms with E-state index in [1.54, 1.807) is 0 Å². The minimum absolute atomic E-state index is 0.0521. The van der Waals surface area contributed by atoms with Crippen LogP contribution in [0.2, 0.25) is 0 Å². The summed E-state index contributed by atoms with van der Waals surface area (Å²) in [5.74, 6) is -3.30. The molecule has 0 radical (unpaired) electrons. The summed E-state index contributed by atoms with van der Waals surface area (Å²) in [6, 6.07) is 2.69. The largest absolute Gasteiger partial charge is 0.504 e. The molecule has 1 aromatic carbocycles. The third-order valence-corrected chi connectivity index (χ3v) is 2.63. The zero-order chi connectivity index (χ0) is 12.6. The summed E-state index contributed by atoms with van der Waals surface area (Å²) in [6.07, 6.45) is -0.282. The highest BCUT2D eigenvalue weighted by atomic mass is 16.5. The lowest BCUT2D eigenvalue weighted by atomic mass is 9.89. The molecule has 0 amide bonds. The lowest BCUT2D eigenvalue weighted by Gasteiger charge is -2.23. The molecule has 6 heteroatoms. The van der Waals surface area contributed by atoms with Gasteiger partial charge in [-0.2, -0.15) is 0 Å². The van der Waals surface area contributed by atoms with Gasteiger partial charge >= 0.3 is 11.9 Å². The van der Waals surface area contributed by atoms with Crippen molar-refractivity contribution in [3.63, 3.8) is 0 Å². The first-order valence-corrected chi connectivity index (χ1v) is 4.96. The fourth-order valence-electron chi connectivity index (χ4n) is 1.86. The molecule has 1 atom stereocenters. The Morgan fingerprint density at radius 1 is 1.41 bits per heavy atom. The van der Waals surface area contributed by atoms with Crippen LogP contribution >= 0.6 is 0 Å². The standard InChI is InChI=1S/C11H10O6/c12-7-2-1-6-5(3-8(13)14)4-9(15)17-11(6)10(7)16/h1-2,5,12,16H,3-4H2,(H,13,14). The third kappa shape index (κ3) is 2.01. The Morgan fingerprint density at radius 3 is 2.76 bits per heavy atom. The van der Waals surface area contributed by atoms with E-state index in [0.717, 1.165) is 0 Å². The van der Waals surface area contributed by atoms with Gasteiger partial charge in [-0.3, -0.25) is 9.59 Å². The molecule has 1 heterocycles. The Balaban J connectivity index is 2.47. The van der Waals surface area contributed by atoms with Gasteiger partial charge in [-0.25, -0.2) is 0 Å². The number of phenols is 2. The summed E-state index contributed by atoms with van der Waals surface area (Å²) in [5.41, 5.74) is 0.419. The van der Waals surface area contributed by atoms with E-state index < -0.39 is 29.4 Å². The summed E-state index contributed by atoms with van der Waals surface area (Å²) in [6.45, 7) is 0. The van der Waals surface area contributed by atoms with Gasteiger partial charge in [-0.15, -0.1) is 0 Å². The van der Waals surface area contributed by atoms with Crippen LogP contribution in [0.1, 0.15) is 24.3 Å². The predicted molar refractivity (Wildman–Crippen MR) is 55.0 cm³/mol. The number of rotatable bonds is 2. The first-order chi connectivity index (χ1) is 7.99. The Hall–Kier alpha value is -2.24. The number of carbonyl (C=O) groups excluding carboxylic acids is 1. The number of carboxylic acids is 1. The minimum Gasteiger partial charge on any atom is -0.504 e. The number of aromatic hydroxyl groups is 2. The number of esters is 1. The monoisotopic (exact) mass is 238 g/mol. The molecule has 90 valence electrons. The van der Waals surface area contributed by atoms with Gasteiger partial charge in [0.05, 0.1) is 12.8 Å². The van der Waals surface area contributed by atoms with Crippen molar-refractivity contribution < 1.29 is 29.6 Å². The van der Waals surface area contributed by atoms with Gasteiger partial charge in [0.2, 0.25) is 5.75 Å². The third-order valence-electron chi connectivity index (χ3n) is 2.63. The molecule has 0 saturated heterocycles. The van der Waals surface area contributed by atoms with E-state index in [4.69, 9.17) is 9.84 Å². The molecule has 0 fully saturated rings. The Labute approximate surface area is 96.1 Å². The first-order valence-electron chi connectivity index (χ1n) is 4.96. The quantitative estimate of drug-likeness (QED) is 0.403. The highest BCUT2D eigenvalue weighted by Crippen LogP contribution is 2.45. The second-order valence-electron chi connectivity index (χ2n) is 3.82. The van der Waals surface area contributed by atoms with Crippen molar-refractivity contribution in [1.29, 1.82) is 0 Å². The second-order valence-corrected chi connectivity index (χ2v) is 3.82. The topological polar surface area (TPSA) is 104 Å². The number of benzene rings is 1. The molecule has 0 saturated carbocycles. The van der Waals surface area contributed by atoms with Crippen molar-refractivity contribution in [3.05, 3.63) is 17.7 Å². The number of hydrogen-bond donors (Lipinski definition) is 3. The molecule has 0 spiro atoms. The van der Waals surface area contributed by atoms with Crippen molar-refractivity contribution >= 4 is 11.9 Å². The van der Waals surface area contributed by atoms with Gasteiger partial charge < -0.3 is 20.1 Å². The van der Waals surface area contributed by atoms with Crippen LogP contribution in [0.3, 0.4) is 0 Å². The molecular formula is C11H10O6. The fraction of sp³-hybridized carbons (Fsp3) is 0.273. The number of phenolic OH excluding ortho intramolecular Hbond substituents is 2. The van der Waals surface area contributed by atoms with Gasteiger partial charge in [0, 0.05) is 11.5 Å². The number of carboxylic acid groups (broad SMARTS) is 1. The molecule has 1 aliphatic heterocycles. The maximum absolute atomic E-state index is 11.3. The van der Waals surface area contributed by atoms with Crippen molar-refractivity contribution in [3.8, 4) is 17.2 Å². The Kier molecular flexibility index (Phi) is 2.63. The molecule has 1 aromatic rings. The number of carbonyl (C=O) groups is 2. The van der Waals surface area contributed by atoms with Crippen LogP contribution in [-0.2, 0) is 9.59 Å². The summed E-state index contributed by atoms with van der Waals surface area (Å²) >= 11 is 0. The molecule has 0 aromatic heterocycles. The zero-order valence-electron chi connectivity index (χ0n) is 8.71. The van der Waals surface area contributed by atoms with E-state index in [1.165, 1.54) is 12.1 Å². The van der Waals surface area contributed by atoms with E-state index in [1.807, 2.05) is 0 Å². The maximum atomic E-state index is 11.3. The number of hydrogen-bond acceptors (Lipinski definition) is 5. The van der Waals surface area contributed by atoms with Crippen LogP contribution in [0.15, 0.2) is 12.1 Å². The SMILES string of the molecule is O=C(O)CC1CC(=O)Oc2c1ccc(O)c2O. The highest BCUT2D eigenvalue weighted by molar-refractivity contribution is 5.80. The summed E-state index contributed by atoms with van der Waals surface area (Å²) in [4.78, 5) is 21.9. The average Bonchev–Trinajstić information content (AvgIpc) is 2.23. The van der Waals surface area contributed by atoms with Gasteiger partial charge in [0.25, 0.3) is 0 Å². The minimum atomic E-state index is -1.04. The molecule has 3 N–H and O–H groups in total. The zero-order valence-corrected chi connectivity index (χ0v) is 8.71. The van der Waals surface area contributed by atoms with Crippen molar-refractivity contribution in [2.24, 2.45) is 0 Å². The first kappa shape index (κ1) is 11.3. The Bertz CT molecular complexity index is 493. The van der Waals surface area contributed by atoms with E-state index in [0.29, 0.717) is 5.56 Å². The normalized spacial score (nSPS) is 18.4. The van der Waals surface area contributed by atoms with Crippen LogP contribution < -0.4 is 4.74 Å². The molecule has 1 unspecified atom stereocenters. The van der Waals surface area contributed by atoms with Gasteiger partial charge in [-0.1, -0.05) is 6.07 Å². The van der Waals surface area contributed by atoms with Crippen LogP contribution in [-0.4, -0.2) is 27.3 Å². The Morgan fingerprint density at radius 2 is 2.12 bits per heavy atom. The van der Waals surface area contributed by atoms with Crippen LogP contribution in [0, 0.1) is 0 Å². The maximum Gasteiger partial charge on any atom is 0.311 e. The number of ether oxygens (including phenoxy) is 1. The van der Waals surface area contributed by atoms with Crippen molar-refractivity contribution in [1.82, 2.24) is 0 Å². The van der Waals surface area contributed by atoms with E-state index in [2.05, 4.69) is 0 Å². The lowest BCUT2D eigenvalue weighted by molar-refractivity contribution is -0.139. The molecule has 17 heavy (non-hydrogen) atoms. The van der Waals surface area contributed by atoms with Crippen LogP contribution in [0.25, 0.3) is 0 Å². The molecule has 0 bridgehead atoms. The van der Waals surface area contributed by atoms with Crippen molar-refractivity contribution in [2.45, 2.75) is 18.8 Å². The molecular weight excluding hydrogens is 228 g/mol. The second kappa shape index (κ2) is 3.97. The predicted octanol–water partition coefficient (Wildman–Crippen LogP) is 0.965. The smallest absolute Gasteiger partial charge is 0.311 e. The molecule has 6 nitrogen and oxygen atoms in total. The van der Waals surface area contributed by atoms with E-state index in [-0.39, 0.29) is 18.6 Å². The number of fused-ring (bicyclic) bond motifs is 1. The fourth-order valence-corrected chi connectivity index (χ4v) is 1.86. The van der Waals surface area contributed by atoms with E-state index >= 15 is 0 Å². The number of aliphatic carboxylic acids is 1. The summed E-state index contributed by atoms with van der Waals surface area (Å²) < 4.78 is 4.81. The average molecular weight is 238 g/mol. The van der Waals surface area contributed by atoms with Gasteiger partial charge in [0.1, 0.15) is 0 Å². The molecule has 1 aliphatic rings. The highest BCUT2D eigenvalue weighted by Gasteiger charge is 2.31. The van der Waals surface area contributed by atoms with Gasteiger partial charge in [-0.05, 0) is 6.07 Å².